The molecule has 1 N–H and O–H groups in total. The molecule has 1 atom stereocenters. The molecule has 1 aromatic rings. The Bertz CT molecular complexity index is 603. The number of nitrogens with zero attached hydrogens (tertiary/aromatic N) is 5. The Morgan fingerprint density at radius 2 is 2.00 bits per heavy atom. The monoisotopic (exact) mass is 488 g/mol. The molecule has 0 radical (unpaired) electrons. The van der Waals surface area contributed by atoms with Crippen molar-refractivity contribution in [1.29, 1.82) is 0 Å². The maximum absolute atomic E-state index is 4.59. The molecule has 0 amide bonds. The van der Waals surface area contributed by atoms with Crippen LogP contribution < -0.4 is 5.32 Å². The van der Waals surface area contributed by atoms with Crippen molar-refractivity contribution in [2.24, 2.45) is 12.0 Å². The quantitative estimate of drug-likeness (QED) is 0.307. The highest BCUT2D eigenvalue weighted by molar-refractivity contribution is 14.0. The smallest absolute Gasteiger partial charge is 0.193 e. The summed E-state index contributed by atoms with van der Waals surface area (Å²) in [5.41, 5.74) is 1.61. The second kappa shape index (κ2) is 10.1. The van der Waals surface area contributed by atoms with E-state index in [9.17, 15) is 0 Å². The van der Waals surface area contributed by atoms with Crippen molar-refractivity contribution in [2.45, 2.75) is 56.4 Å². The van der Waals surface area contributed by atoms with Gasteiger partial charge in [-0.3, -0.25) is 9.67 Å². The third-order valence-electron chi connectivity index (χ3n) is 6.45. The Morgan fingerprint density at radius 3 is 2.56 bits per heavy atom. The van der Waals surface area contributed by atoms with E-state index in [1.165, 1.54) is 50.5 Å². The highest BCUT2D eigenvalue weighted by Gasteiger charge is 2.34. The lowest BCUT2D eigenvalue weighted by Crippen LogP contribution is -2.54. The maximum atomic E-state index is 4.59. The van der Waals surface area contributed by atoms with E-state index in [1.54, 1.807) is 0 Å². The first kappa shape index (κ1) is 22.5. The summed E-state index contributed by atoms with van der Waals surface area (Å²) >= 11 is 0. The first-order valence-corrected chi connectivity index (χ1v) is 10.2. The van der Waals surface area contributed by atoms with E-state index in [-0.39, 0.29) is 29.5 Å². The number of aryl methyl sites for hydroxylation is 1. The van der Waals surface area contributed by atoms with Crippen LogP contribution in [0.4, 0.5) is 0 Å². The number of rotatable bonds is 4. The van der Waals surface area contributed by atoms with Gasteiger partial charge >= 0.3 is 0 Å². The van der Waals surface area contributed by atoms with E-state index >= 15 is 0 Å². The number of nitrogens with one attached hydrogen (secondary N) is 1. The zero-order chi connectivity index (χ0) is 18.6. The SMILES string of the molecule is CN=C(NCC1(N(C)C)CCCCCC1)N1CCC(c2cnn(C)c2)C1.I. The van der Waals surface area contributed by atoms with E-state index in [0.717, 1.165) is 25.6 Å². The van der Waals surface area contributed by atoms with Crippen LogP contribution in [-0.4, -0.2) is 71.9 Å². The summed E-state index contributed by atoms with van der Waals surface area (Å²) in [6.45, 7) is 3.08. The van der Waals surface area contributed by atoms with Gasteiger partial charge in [0.05, 0.1) is 6.20 Å². The summed E-state index contributed by atoms with van der Waals surface area (Å²) in [7, 11) is 8.38. The van der Waals surface area contributed by atoms with Gasteiger partial charge in [0.25, 0.3) is 0 Å². The van der Waals surface area contributed by atoms with E-state index in [0.29, 0.717) is 5.92 Å². The topological polar surface area (TPSA) is 48.7 Å². The van der Waals surface area contributed by atoms with E-state index < -0.39 is 0 Å². The fourth-order valence-corrected chi connectivity index (χ4v) is 4.62. The fraction of sp³-hybridized carbons (Fsp3) is 0.800. The number of aliphatic imine (C=N–C) groups is 1. The molecule has 1 aliphatic carbocycles. The maximum Gasteiger partial charge on any atom is 0.193 e. The van der Waals surface area contributed by atoms with Gasteiger partial charge in [-0.05, 0) is 38.9 Å². The summed E-state index contributed by atoms with van der Waals surface area (Å²) in [6, 6.07) is 0. The van der Waals surface area contributed by atoms with Crippen LogP contribution in [0.15, 0.2) is 17.4 Å². The van der Waals surface area contributed by atoms with Crippen LogP contribution in [-0.2, 0) is 7.05 Å². The Morgan fingerprint density at radius 1 is 1.30 bits per heavy atom. The van der Waals surface area contributed by atoms with Crippen molar-refractivity contribution >= 4 is 29.9 Å². The third kappa shape index (κ3) is 5.37. The lowest BCUT2D eigenvalue weighted by molar-refractivity contribution is 0.131. The van der Waals surface area contributed by atoms with E-state index in [4.69, 9.17) is 0 Å². The molecule has 2 heterocycles. The predicted octanol–water partition coefficient (Wildman–Crippen LogP) is 3.06. The number of guanidine groups is 1. The van der Waals surface area contributed by atoms with Gasteiger partial charge in [0.2, 0.25) is 0 Å². The second-order valence-electron chi connectivity index (χ2n) is 8.31. The van der Waals surface area contributed by atoms with E-state index in [2.05, 4.69) is 45.5 Å². The molecule has 6 nitrogen and oxygen atoms in total. The molecule has 154 valence electrons. The van der Waals surface area contributed by atoms with Crippen LogP contribution in [0.25, 0.3) is 0 Å². The van der Waals surface area contributed by atoms with Gasteiger partial charge < -0.3 is 15.1 Å². The minimum absolute atomic E-state index is 0. The van der Waals surface area contributed by atoms with Gasteiger partial charge in [0, 0.05) is 51.4 Å². The molecule has 0 spiro atoms. The van der Waals surface area contributed by atoms with Crippen molar-refractivity contribution in [3.05, 3.63) is 18.0 Å². The van der Waals surface area contributed by atoms with E-state index in [1.807, 2.05) is 25.0 Å². The molecule has 2 aliphatic rings. The summed E-state index contributed by atoms with van der Waals surface area (Å²) in [4.78, 5) is 9.45. The molecular formula is C20H37IN6. The highest BCUT2D eigenvalue weighted by Crippen LogP contribution is 2.31. The number of halogens is 1. The Labute approximate surface area is 181 Å². The molecule has 1 saturated heterocycles. The molecule has 1 unspecified atom stereocenters. The molecule has 1 aromatic heterocycles. The molecule has 3 rings (SSSR count). The first-order chi connectivity index (χ1) is 12.5. The normalized spacial score (nSPS) is 23.2. The van der Waals surface area contributed by atoms with Crippen molar-refractivity contribution in [2.75, 3.05) is 40.8 Å². The van der Waals surface area contributed by atoms with Crippen LogP contribution in [0.1, 0.15) is 56.4 Å². The highest BCUT2D eigenvalue weighted by atomic mass is 127. The molecule has 1 aliphatic heterocycles. The van der Waals surface area contributed by atoms with Crippen LogP contribution in [0.3, 0.4) is 0 Å². The Kier molecular flexibility index (Phi) is 8.39. The lowest BCUT2D eigenvalue weighted by atomic mass is 9.88. The van der Waals surface area contributed by atoms with Gasteiger partial charge in [0.15, 0.2) is 5.96 Å². The van der Waals surface area contributed by atoms with Gasteiger partial charge in [-0.2, -0.15) is 5.10 Å². The van der Waals surface area contributed by atoms with Crippen molar-refractivity contribution < 1.29 is 0 Å². The van der Waals surface area contributed by atoms with Crippen LogP contribution in [0, 0.1) is 0 Å². The fourth-order valence-electron chi connectivity index (χ4n) is 4.62. The molecule has 0 aromatic carbocycles. The van der Waals surface area contributed by atoms with Gasteiger partial charge in [0.1, 0.15) is 0 Å². The zero-order valence-electron chi connectivity index (χ0n) is 17.4. The summed E-state index contributed by atoms with van der Waals surface area (Å²) < 4.78 is 1.90. The van der Waals surface area contributed by atoms with Gasteiger partial charge in [-0.25, -0.2) is 0 Å². The number of aromatic nitrogens is 2. The molecule has 0 bridgehead atoms. The average molecular weight is 488 g/mol. The minimum Gasteiger partial charge on any atom is -0.354 e. The average Bonchev–Trinajstić information content (AvgIpc) is 3.20. The Balaban J connectivity index is 0.00000261. The number of likely N-dealkylation sites (tertiary alicyclic amines) is 1. The third-order valence-corrected chi connectivity index (χ3v) is 6.45. The van der Waals surface area contributed by atoms with Crippen molar-refractivity contribution in [3.63, 3.8) is 0 Å². The molecular weight excluding hydrogens is 451 g/mol. The largest absolute Gasteiger partial charge is 0.354 e. The standard InChI is InChI=1S/C20H36N6.HI/c1-21-19(22-16-20(24(2)3)10-7-5-6-8-11-20)26-12-9-17(15-26)18-13-23-25(4)14-18;/h13-14,17H,5-12,15-16H2,1-4H3,(H,21,22);1H. The number of hydrogen-bond acceptors (Lipinski definition) is 3. The zero-order valence-corrected chi connectivity index (χ0v) is 19.8. The van der Waals surface area contributed by atoms with Crippen LogP contribution >= 0.6 is 24.0 Å². The van der Waals surface area contributed by atoms with Gasteiger partial charge in [-0.1, -0.05) is 25.7 Å². The summed E-state index contributed by atoms with van der Waals surface area (Å²) in [6.07, 6.45) is 13.3. The van der Waals surface area contributed by atoms with Gasteiger partial charge in [-0.15, -0.1) is 24.0 Å². The lowest BCUT2D eigenvalue weighted by Gasteiger charge is -2.40. The van der Waals surface area contributed by atoms with Crippen molar-refractivity contribution in [3.8, 4) is 0 Å². The summed E-state index contributed by atoms with van der Waals surface area (Å²) in [5.74, 6) is 1.62. The number of likely N-dealkylation sites (N-methyl/N-ethyl adjacent to an activating group) is 1. The predicted molar refractivity (Wildman–Crippen MR) is 123 cm³/mol. The molecule has 2 fully saturated rings. The summed E-state index contributed by atoms with van der Waals surface area (Å²) in [5, 5.41) is 8.05. The van der Waals surface area contributed by atoms with Crippen LogP contribution in [0.5, 0.6) is 0 Å². The first-order valence-electron chi connectivity index (χ1n) is 10.2. The minimum atomic E-state index is 0. The van der Waals surface area contributed by atoms with Crippen molar-refractivity contribution in [1.82, 2.24) is 24.9 Å². The Hall–Kier alpha value is -0.830. The number of hydrogen-bond donors (Lipinski definition) is 1. The van der Waals surface area contributed by atoms with Crippen LogP contribution in [0.2, 0.25) is 0 Å². The molecule has 1 saturated carbocycles. The molecule has 7 heteroatoms. The second-order valence-corrected chi connectivity index (χ2v) is 8.31. The molecule has 27 heavy (non-hydrogen) atoms.